The topological polar surface area (TPSA) is 9.23 Å². The molecule has 28 heavy (non-hydrogen) atoms. The molecule has 0 heterocycles. The highest BCUT2D eigenvalue weighted by atomic mass is 32.4. The minimum Gasteiger partial charge on any atom is -0.544 e. The number of hydrogen-bond donors (Lipinski definition) is 0. The predicted octanol–water partition coefficient (Wildman–Crippen LogP) is 7.37. The molecule has 0 bridgehead atoms. The largest absolute Gasteiger partial charge is 0.544 e. The van der Waals surface area contributed by atoms with Crippen LogP contribution in [0.15, 0.2) is 54.1 Å². The molecule has 0 aliphatic heterocycles. The van der Waals surface area contributed by atoms with Crippen LogP contribution in [-0.4, -0.2) is 20.6 Å². The molecule has 4 heteroatoms. The first-order valence-corrected chi connectivity index (χ1v) is 17.0. The van der Waals surface area contributed by atoms with Gasteiger partial charge in [0.25, 0.3) is 0 Å². The van der Waals surface area contributed by atoms with Gasteiger partial charge in [0.1, 0.15) is 5.76 Å². The number of aryl methyl sites for hydroxylation is 1. The minimum atomic E-state index is -1.75. The van der Waals surface area contributed by atoms with Crippen molar-refractivity contribution in [3.8, 4) is 0 Å². The van der Waals surface area contributed by atoms with Gasteiger partial charge in [-0.3, -0.25) is 0 Å². The van der Waals surface area contributed by atoms with E-state index in [4.69, 9.17) is 16.2 Å². The van der Waals surface area contributed by atoms with E-state index in [1.807, 2.05) is 0 Å². The van der Waals surface area contributed by atoms with Gasteiger partial charge in [0.05, 0.1) is 0 Å². The van der Waals surface area contributed by atoms with Gasteiger partial charge in [0.2, 0.25) is 8.32 Å². The monoisotopic (exact) mass is 428 g/mol. The van der Waals surface area contributed by atoms with E-state index in [0.717, 1.165) is 24.5 Å². The summed E-state index contributed by atoms with van der Waals surface area (Å²) in [5.41, 5.74) is 7.07. The van der Waals surface area contributed by atoms with Gasteiger partial charge in [-0.15, -0.1) is 0 Å². The fourth-order valence-corrected chi connectivity index (χ4v) is 8.37. The molecule has 1 aliphatic rings. The highest BCUT2D eigenvalue weighted by Gasteiger charge is 2.37. The Morgan fingerprint density at radius 1 is 1.00 bits per heavy atom. The van der Waals surface area contributed by atoms with Crippen molar-refractivity contribution in [2.75, 3.05) is 12.3 Å². The van der Waals surface area contributed by atoms with Crippen molar-refractivity contribution in [2.24, 2.45) is 0 Å². The molecule has 150 valence electrons. The Balaban J connectivity index is 2.23. The van der Waals surface area contributed by atoms with Gasteiger partial charge in [-0.2, -0.15) is 0 Å². The van der Waals surface area contributed by atoms with Crippen LogP contribution in [0.4, 0.5) is 0 Å². The molecule has 1 atom stereocenters. The molecule has 0 N–H and O–H groups in total. The van der Waals surface area contributed by atoms with Crippen LogP contribution in [0.2, 0.25) is 19.6 Å². The third kappa shape index (κ3) is 4.37. The maximum atomic E-state index is 6.74. The zero-order valence-electron chi connectivity index (χ0n) is 18.1. The van der Waals surface area contributed by atoms with Crippen molar-refractivity contribution >= 4 is 31.9 Å². The van der Waals surface area contributed by atoms with Gasteiger partial charge in [-0.05, 0) is 68.0 Å². The Hall–Kier alpha value is -1.15. The second kappa shape index (κ2) is 8.30. The zero-order chi connectivity index (χ0) is 20.5. The van der Waals surface area contributed by atoms with Crippen LogP contribution in [0.1, 0.15) is 41.8 Å². The van der Waals surface area contributed by atoms with Crippen molar-refractivity contribution in [3.63, 3.8) is 0 Å². The molecule has 0 amide bonds. The molecule has 1 unspecified atom stereocenters. The maximum Gasteiger partial charge on any atom is 0.242 e. The minimum absolute atomic E-state index is 0.303. The average Bonchev–Trinajstić information content (AvgIpc) is 3.00. The Kier molecular flexibility index (Phi) is 6.39. The molecule has 0 aromatic heterocycles. The van der Waals surface area contributed by atoms with Crippen LogP contribution in [-0.2, 0) is 22.7 Å². The second-order valence-corrected chi connectivity index (χ2v) is 19.1. The first-order chi connectivity index (χ1) is 13.2. The Morgan fingerprint density at radius 3 is 2.18 bits per heavy atom. The van der Waals surface area contributed by atoms with Crippen LogP contribution in [0.25, 0.3) is 5.76 Å². The molecule has 0 radical (unpaired) electrons. The summed E-state index contributed by atoms with van der Waals surface area (Å²) in [5.74, 6) is 1.14. The number of rotatable bonds is 7. The standard InChI is InChI=1S/C24H33OPSSi/c1-7-26(27,8-2)24(19-15-13-18(3)14-16-19)22-17-20-11-9-10-12-21(20)23(22)25-28(4,5)6/h9-16,24H,7-8,17H2,1-6H3. The first kappa shape index (κ1) is 21.6. The lowest BCUT2D eigenvalue weighted by molar-refractivity contribution is 0.510. The van der Waals surface area contributed by atoms with Gasteiger partial charge < -0.3 is 4.43 Å². The normalized spacial score (nSPS) is 15.5. The first-order valence-electron chi connectivity index (χ1n) is 10.3. The molecule has 3 rings (SSSR count). The van der Waals surface area contributed by atoms with Crippen LogP contribution in [0, 0.1) is 6.92 Å². The Labute approximate surface area is 177 Å². The van der Waals surface area contributed by atoms with Crippen molar-refractivity contribution < 1.29 is 4.43 Å². The van der Waals surface area contributed by atoms with E-state index in [1.165, 1.54) is 27.8 Å². The molecule has 0 saturated heterocycles. The molecule has 0 saturated carbocycles. The Morgan fingerprint density at radius 2 is 1.61 bits per heavy atom. The van der Waals surface area contributed by atoms with E-state index in [2.05, 4.69) is 88.9 Å². The molecule has 0 spiro atoms. The van der Waals surface area contributed by atoms with E-state index < -0.39 is 14.4 Å². The summed E-state index contributed by atoms with van der Waals surface area (Å²) in [6.07, 6.45) is 3.13. The number of benzene rings is 2. The highest BCUT2D eigenvalue weighted by Crippen LogP contribution is 2.64. The van der Waals surface area contributed by atoms with E-state index in [-0.39, 0.29) is 0 Å². The third-order valence-electron chi connectivity index (χ3n) is 5.61. The lowest BCUT2D eigenvalue weighted by Crippen LogP contribution is -2.25. The fraction of sp³-hybridized carbons (Fsp3) is 0.417. The lowest BCUT2D eigenvalue weighted by atomic mass is 10.0. The van der Waals surface area contributed by atoms with Crippen LogP contribution in [0.3, 0.4) is 0 Å². The van der Waals surface area contributed by atoms with Gasteiger partial charge in [0.15, 0.2) is 0 Å². The lowest BCUT2D eigenvalue weighted by Gasteiger charge is -2.33. The second-order valence-electron chi connectivity index (χ2n) is 8.80. The molecule has 2 aromatic carbocycles. The van der Waals surface area contributed by atoms with E-state index in [1.54, 1.807) is 0 Å². The van der Waals surface area contributed by atoms with E-state index in [0.29, 0.717) is 5.66 Å². The van der Waals surface area contributed by atoms with Crippen LogP contribution >= 0.6 is 6.04 Å². The summed E-state index contributed by atoms with van der Waals surface area (Å²) >= 11 is 6.42. The molecule has 0 fully saturated rings. The van der Waals surface area contributed by atoms with Crippen molar-refractivity contribution in [1.29, 1.82) is 0 Å². The van der Waals surface area contributed by atoms with Gasteiger partial charge in [-0.1, -0.05) is 79.7 Å². The molecule has 2 aromatic rings. The highest BCUT2D eigenvalue weighted by molar-refractivity contribution is 8.14. The number of allylic oxidation sites excluding steroid dienone is 1. The molecular weight excluding hydrogens is 395 g/mol. The van der Waals surface area contributed by atoms with Gasteiger partial charge in [0, 0.05) is 11.2 Å². The quantitative estimate of drug-likeness (QED) is 0.336. The number of fused-ring (bicyclic) bond motifs is 1. The van der Waals surface area contributed by atoms with Crippen molar-refractivity contribution in [2.45, 2.75) is 52.5 Å². The molecule has 1 nitrogen and oxygen atoms in total. The smallest absolute Gasteiger partial charge is 0.242 e. The fourth-order valence-electron chi connectivity index (χ4n) is 4.10. The van der Waals surface area contributed by atoms with Crippen molar-refractivity contribution in [1.82, 2.24) is 0 Å². The van der Waals surface area contributed by atoms with Crippen LogP contribution < -0.4 is 0 Å². The van der Waals surface area contributed by atoms with E-state index >= 15 is 0 Å². The summed E-state index contributed by atoms with van der Waals surface area (Å²) in [6, 6.07) is 16.2. The van der Waals surface area contributed by atoms with Crippen LogP contribution in [0.5, 0.6) is 0 Å². The van der Waals surface area contributed by atoms with Gasteiger partial charge >= 0.3 is 0 Å². The summed E-state index contributed by atoms with van der Waals surface area (Å²) in [7, 11) is -1.75. The molecular formula is C24H33OPSSi. The molecule has 1 aliphatic carbocycles. The summed E-state index contributed by atoms with van der Waals surface area (Å²) in [5, 5.41) is 0. The van der Waals surface area contributed by atoms with E-state index in [9.17, 15) is 0 Å². The SMILES string of the molecule is CCP(=S)(CC)C(C1=C(O[Si](C)(C)C)c2ccccc2C1)c1ccc(C)cc1. The summed E-state index contributed by atoms with van der Waals surface area (Å²) < 4.78 is 6.74. The number of hydrogen-bond acceptors (Lipinski definition) is 2. The third-order valence-corrected chi connectivity index (χ3v) is 12.3. The van der Waals surface area contributed by atoms with Gasteiger partial charge in [-0.25, -0.2) is 0 Å². The van der Waals surface area contributed by atoms with Crippen molar-refractivity contribution in [3.05, 3.63) is 76.4 Å². The zero-order valence-corrected chi connectivity index (χ0v) is 20.8. The predicted molar refractivity (Wildman–Crippen MR) is 131 cm³/mol. The summed E-state index contributed by atoms with van der Waals surface area (Å²) in [4.78, 5) is 0. The summed E-state index contributed by atoms with van der Waals surface area (Å²) in [6.45, 7) is 13.5. The Bertz CT molecular complexity index is 916. The maximum absolute atomic E-state index is 6.74. The average molecular weight is 429 g/mol.